The molecule has 0 amide bonds. The molecule has 0 spiro atoms. The van der Waals surface area contributed by atoms with Gasteiger partial charge in [-0.2, -0.15) is 0 Å². The summed E-state index contributed by atoms with van der Waals surface area (Å²) in [5.41, 5.74) is 1.96. The van der Waals surface area contributed by atoms with Gasteiger partial charge in [0.15, 0.2) is 0 Å². The summed E-state index contributed by atoms with van der Waals surface area (Å²) in [6.45, 7) is 7.38. The van der Waals surface area contributed by atoms with Crippen molar-refractivity contribution in [3.05, 3.63) is 69.7 Å². The first-order chi connectivity index (χ1) is 13.7. The number of benzene rings is 2. The Kier molecular flexibility index (Phi) is 5.64. The van der Waals surface area contributed by atoms with Crippen LogP contribution in [0.2, 0.25) is 5.02 Å². The van der Waals surface area contributed by atoms with E-state index in [1.807, 2.05) is 47.0 Å². The van der Waals surface area contributed by atoms with Gasteiger partial charge in [-0.05, 0) is 24.3 Å². The number of aromatic nitrogens is 2. The number of para-hydroxylation sites is 2. The molecule has 3 aromatic rings. The van der Waals surface area contributed by atoms with Crippen molar-refractivity contribution in [2.75, 3.05) is 37.6 Å². The minimum atomic E-state index is 0.0668. The highest BCUT2D eigenvalue weighted by atomic mass is 35.5. The Hall–Kier alpha value is -2.37. The van der Waals surface area contributed by atoms with Crippen LogP contribution in [0.15, 0.2) is 53.3 Å². The van der Waals surface area contributed by atoms with E-state index in [1.165, 1.54) is 0 Å². The Morgan fingerprint density at radius 2 is 1.68 bits per heavy atom. The summed E-state index contributed by atoms with van der Waals surface area (Å²) >= 11 is 6.33. The van der Waals surface area contributed by atoms with Gasteiger partial charge in [0, 0.05) is 45.7 Å². The average molecular weight is 397 g/mol. The van der Waals surface area contributed by atoms with Crippen molar-refractivity contribution in [1.29, 1.82) is 0 Å². The predicted octanol–water partition coefficient (Wildman–Crippen LogP) is 3.43. The second kappa shape index (κ2) is 8.33. The van der Waals surface area contributed by atoms with E-state index in [4.69, 9.17) is 16.6 Å². The lowest BCUT2D eigenvalue weighted by Gasteiger charge is -2.36. The average Bonchev–Trinajstić information content (AvgIpc) is 2.74. The van der Waals surface area contributed by atoms with Crippen molar-refractivity contribution < 1.29 is 0 Å². The monoisotopic (exact) mass is 396 g/mol. The fourth-order valence-corrected chi connectivity index (χ4v) is 4.13. The molecule has 0 saturated carbocycles. The van der Waals surface area contributed by atoms with E-state index in [2.05, 4.69) is 22.8 Å². The van der Waals surface area contributed by atoms with Gasteiger partial charge in [-0.1, -0.05) is 42.8 Å². The third kappa shape index (κ3) is 3.77. The molecule has 0 atom stereocenters. The van der Waals surface area contributed by atoms with Gasteiger partial charge in [0.2, 0.25) is 0 Å². The summed E-state index contributed by atoms with van der Waals surface area (Å²) in [5.74, 6) is 0.860. The maximum Gasteiger partial charge on any atom is 0.261 e. The van der Waals surface area contributed by atoms with Crippen LogP contribution in [0.1, 0.15) is 12.7 Å². The van der Waals surface area contributed by atoms with Gasteiger partial charge in [0.05, 0.1) is 21.6 Å². The molecule has 0 N–H and O–H groups in total. The van der Waals surface area contributed by atoms with Crippen LogP contribution in [0.3, 0.4) is 0 Å². The van der Waals surface area contributed by atoms with Crippen LogP contribution in [-0.2, 0) is 13.0 Å². The third-order valence-corrected chi connectivity index (χ3v) is 5.78. The maximum atomic E-state index is 12.9. The molecule has 0 aliphatic carbocycles. The smallest absolute Gasteiger partial charge is 0.261 e. The molecule has 0 unspecified atom stereocenters. The number of fused-ring (bicyclic) bond motifs is 1. The number of anilines is 1. The Morgan fingerprint density at radius 1 is 0.964 bits per heavy atom. The van der Waals surface area contributed by atoms with Gasteiger partial charge in [0.25, 0.3) is 5.56 Å². The molecule has 1 aliphatic heterocycles. The number of hydrogen-bond acceptors (Lipinski definition) is 4. The van der Waals surface area contributed by atoms with Crippen LogP contribution < -0.4 is 10.5 Å². The third-order valence-electron chi connectivity index (χ3n) is 5.46. The van der Waals surface area contributed by atoms with Crippen molar-refractivity contribution in [3.63, 3.8) is 0 Å². The molecule has 1 saturated heterocycles. The molecule has 6 heteroatoms. The van der Waals surface area contributed by atoms with E-state index in [-0.39, 0.29) is 5.56 Å². The molecule has 28 heavy (non-hydrogen) atoms. The standard InChI is InChI=1S/C22H25ClN4O/c1-2-21-24-19-9-5-3-7-17(19)22(28)27(21)16-13-25-11-14-26(15-12-25)20-10-6-4-8-18(20)23/h3-10H,2,11-16H2,1H3. The van der Waals surface area contributed by atoms with E-state index in [0.29, 0.717) is 11.9 Å². The highest BCUT2D eigenvalue weighted by molar-refractivity contribution is 6.33. The van der Waals surface area contributed by atoms with E-state index in [9.17, 15) is 4.79 Å². The van der Waals surface area contributed by atoms with Crippen LogP contribution in [-0.4, -0.2) is 47.2 Å². The largest absolute Gasteiger partial charge is 0.368 e. The second-order valence-electron chi connectivity index (χ2n) is 7.14. The lowest BCUT2D eigenvalue weighted by atomic mass is 10.2. The lowest BCUT2D eigenvalue weighted by Crippen LogP contribution is -2.47. The van der Waals surface area contributed by atoms with Crippen LogP contribution in [0, 0.1) is 0 Å². The van der Waals surface area contributed by atoms with Crippen molar-refractivity contribution >= 4 is 28.2 Å². The summed E-state index contributed by atoms with van der Waals surface area (Å²) in [4.78, 5) is 22.4. The summed E-state index contributed by atoms with van der Waals surface area (Å²) in [7, 11) is 0. The molecule has 0 radical (unpaired) electrons. The normalized spacial score (nSPS) is 15.3. The van der Waals surface area contributed by atoms with Crippen LogP contribution in [0.25, 0.3) is 10.9 Å². The first kappa shape index (κ1) is 19.0. The van der Waals surface area contributed by atoms with Gasteiger partial charge in [-0.3, -0.25) is 14.3 Å². The number of rotatable bonds is 5. The summed E-state index contributed by atoms with van der Waals surface area (Å²) in [5, 5.41) is 1.50. The molecule has 2 aromatic carbocycles. The minimum absolute atomic E-state index is 0.0668. The van der Waals surface area contributed by atoms with E-state index >= 15 is 0 Å². The topological polar surface area (TPSA) is 41.4 Å². The molecule has 1 aromatic heterocycles. The molecular weight excluding hydrogens is 372 g/mol. The maximum absolute atomic E-state index is 12.9. The second-order valence-corrected chi connectivity index (χ2v) is 7.54. The first-order valence-corrected chi connectivity index (χ1v) is 10.3. The van der Waals surface area contributed by atoms with Crippen molar-refractivity contribution in [1.82, 2.24) is 14.5 Å². The fourth-order valence-electron chi connectivity index (χ4n) is 3.88. The van der Waals surface area contributed by atoms with Crippen LogP contribution >= 0.6 is 11.6 Å². The van der Waals surface area contributed by atoms with E-state index < -0.39 is 0 Å². The zero-order valence-electron chi connectivity index (χ0n) is 16.1. The van der Waals surface area contributed by atoms with Gasteiger partial charge >= 0.3 is 0 Å². The Morgan fingerprint density at radius 3 is 2.43 bits per heavy atom. The fraction of sp³-hybridized carbons (Fsp3) is 0.364. The van der Waals surface area contributed by atoms with E-state index in [0.717, 1.165) is 61.2 Å². The van der Waals surface area contributed by atoms with Gasteiger partial charge < -0.3 is 4.90 Å². The molecule has 0 bridgehead atoms. The molecule has 1 aliphatic rings. The van der Waals surface area contributed by atoms with Gasteiger partial charge in [-0.15, -0.1) is 0 Å². The Bertz CT molecular complexity index is 1020. The summed E-state index contributed by atoms with van der Waals surface area (Å²) < 4.78 is 1.85. The van der Waals surface area contributed by atoms with Gasteiger partial charge in [-0.25, -0.2) is 4.98 Å². The minimum Gasteiger partial charge on any atom is -0.368 e. The Labute approximate surface area is 170 Å². The van der Waals surface area contributed by atoms with Crippen LogP contribution in [0.5, 0.6) is 0 Å². The zero-order chi connectivity index (χ0) is 19.5. The SMILES string of the molecule is CCc1nc2ccccc2c(=O)n1CCN1CCN(c2ccccc2Cl)CC1. The van der Waals surface area contributed by atoms with Gasteiger partial charge in [0.1, 0.15) is 5.82 Å². The number of halogens is 1. The number of piperazine rings is 1. The van der Waals surface area contributed by atoms with E-state index in [1.54, 1.807) is 0 Å². The van der Waals surface area contributed by atoms with Crippen LogP contribution in [0.4, 0.5) is 5.69 Å². The van der Waals surface area contributed by atoms with Crippen molar-refractivity contribution in [2.24, 2.45) is 0 Å². The lowest BCUT2D eigenvalue weighted by molar-refractivity contribution is 0.246. The number of nitrogens with zero attached hydrogens (tertiary/aromatic N) is 4. The quantitative estimate of drug-likeness (QED) is 0.662. The molecule has 4 rings (SSSR count). The zero-order valence-corrected chi connectivity index (χ0v) is 16.9. The number of aryl methyl sites for hydroxylation is 1. The predicted molar refractivity (Wildman–Crippen MR) is 115 cm³/mol. The van der Waals surface area contributed by atoms with Crippen molar-refractivity contribution in [3.8, 4) is 0 Å². The molecule has 2 heterocycles. The molecule has 5 nitrogen and oxygen atoms in total. The number of hydrogen-bond donors (Lipinski definition) is 0. The van der Waals surface area contributed by atoms with Crippen molar-refractivity contribution in [2.45, 2.75) is 19.9 Å². The summed E-state index contributed by atoms with van der Waals surface area (Å²) in [6.07, 6.45) is 0.750. The highest BCUT2D eigenvalue weighted by Gasteiger charge is 2.19. The summed E-state index contributed by atoms with van der Waals surface area (Å²) in [6, 6.07) is 15.6. The molecule has 146 valence electrons. The molecule has 1 fully saturated rings. The first-order valence-electron chi connectivity index (χ1n) is 9.87. The highest BCUT2D eigenvalue weighted by Crippen LogP contribution is 2.26. The Balaban J connectivity index is 1.44. The molecular formula is C22H25ClN4O.